The number of hydrogen-bond donors (Lipinski definition) is 0. The Morgan fingerprint density at radius 1 is 0.970 bits per heavy atom. The number of fused-ring (bicyclic) bond motifs is 1. The molecular weight excluding hydrogens is 420 g/mol. The molecule has 0 unspecified atom stereocenters. The number of carbonyl (C=O) groups excluding carboxylic acids is 1. The second kappa shape index (κ2) is 9.40. The molecule has 0 spiro atoms. The molecule has 0 bridgehead atoms. The van der Waals surface area contributed by atoms with Gasteiger partial charge in [-0.3, -0.25) is 14.9 Å². The molecule has 7 heteroatoms. The van der Waals surface area contributed by atoms with E-state index in [1.807, 2.05) is 48.5 Å². The van der Waals surface area contributed by atoms with Gasteiger partial charge in [-0.25, -0.2) is 0 Å². The topological polar surface area (TPSA) is 81.9 Å². The number of benzene rings is 3. The Morgan fingerprint density at radius 2 is 1.70 bits per heavy atom. The smallest absolute Gasteiger partial charge is 0.269 e. The maximum Gasteiger partial charge on any atom is 0.269 e. The fraction of sp³-hybridized carbons (Fsp3) is 0.115. The second-order valence-electron chi connectivity index (χ2n) is 7.39. The third kappa shape index (κ3) is 4.48. The maximum atomic E-state index is 13.3. The van der Waals surface area contributed by atoms with E-state index in [1.165, 1.54) is 12.1 Å². The predicted octanol–water partition coefficient (Wildman–Crippen LogP) is 5.26. The van der Waals surface area contributed by atoms with Gasteiger partial charge in [0.2, 0.25) is 0 Å². The number of rotatable bonds is 7. The summed E-state index contributed by atoms with van der Waals surface area (Å²) in [5.41, 5.74) is 4.04. The van der Waals surface area contributed by atoms with Gasteiger partial charge in [-0.1, -0.05) is 36.4 Å². The fourth-order valence-corrected chi connectivity index (χ4v) is 3.75. The van der Waals surface area contributed by atoms with Crippen molar-refractivity contribution in [1.29, 1.82) is 0 Å². The normalized spacial score (nSPS) is 14.1. The number of nitro groups is 1. The molecular formula is C26H22N2O5. The quantitative estimate of drug-likeness (QED) is 0.283. The fourth-order valence-electron chi connectivity index (χ4n) is 3.75. The molecule has 0 aliphatic carbocycles. The number of nitro benzene ring substituents is 1. The number of non-ortho nitro benzene ring substituents is 1. The van der Waals surface area contributed by atoms with Crippen LogP contribution in [0.15, 0.2) is 78.9 Å². The molecule has 0 fully saturated rings. The van der Waals surface area contributed by atoms with Gasteiger partial charge in [0.15, 0.2) is 11.5 Å². The highest BCUT2D eigenvalue weighted by Crippen LogP contribution is 2.38. The van der Waals surface area contributed by atoms with Gasteiger partial charge in [0.05, 0.1) is 31.4 Å². The highest BCUT2D eigenvalue weighted by molar-refractivity contribution is 6.32. The molecule has 4 rings (SSSR count). The summed E-state index contributed by atoms with van der Waals surface area (Å²) in [5.74, 6) is 1.14. The lowest BCUT2D eigenvalue weighted by atomic mass is 10.1. The van der Waals surface area contributed by atoms with Crippen LogP contribution in [0.2, 0.25) is 0 Å². The predicted molar refractivity (Wildman–Crippen MR) is 127 cm³/mol. The summed E-state index contributed by atoms with van der Waals surface area (Å²) >= 11 is 0. The van der Waals surface area contributed by atoms with E-state index in [4.69, 9.17) is 9.47 Å². The van der Waals surface area contributed by atoms with E-state index >= 15 is 0 Å². The molecule has 0 N–H and O–H groups in total. The van der Waals surface area contributed by atoms with Crippen molar-refractivity contribution < 1.29 is 19.2 Å². The summed E-state index contributed by atoms with van der Waals surface area (Å²) in [7, 11) is 3.16. The lowest BCUT2D eigenvalue weighted by Crippen LogP contribution is -2.25. The number of nitrogens with zero attached hydrogens (tertiary/aromatic N) is 2. The average molecular weight is 442 g/mol. The van der Waals surface area contributed by atoms with Crippen molar-refractivity contribution in [3.63, 3.8) is 0 Å². The van der Waals surface area contributed by atoms with Gasteiger partial charge in [-0.05, 0) is 47.5 Å². The zero-order valence-electron chi connectivity index (χ0n) is 18.2. The van der Waals surface area contributed by atoms with Crippen LogP contribution in [0.3, 0.4) is 0 Å². The Balaban J connectivity index is 1.60. The monoisotopic (exact) mass is 442 g/mol. The number of methoxy groups -OCH3 is 2. The maximum absolute atomic E-state index is 13.3. The first kappa shape index (κ1) is 21.8. The van der Waals surface area contributed by atoms with Crippen LogP contribution in [-0.2, 0) is 11.3 Å². The van der Waals surface area contributed by atoms with E-state index in [2.05, 4.69) is 0 Å². The molecule has 1 aliphatic heterocycles. The van der Waals surface area contributed by atoms with E-state index in [1.54, 1.807) is 43.4 Å². The van der Waals surface area contributed by atoms with E-state index < -0.39 is 4.92 Å². The summed E-state index contributed by atoms with van der Waals surface area (Å²) in [6.45, 7) is 0.388. The minimum absolute atomic E-state index is 0.0382. The van der Waals surface area contributed by atoms with E-state index in [0.717, 1.165) is 22.4 Å². The van der Waals surface area contributed by atoms with Crippen molar-refractivity contribution in [3.8, 4) is 11.5 Å². The van der Waals surface area contributed by atoms with Gasteiger partial charge >= 0.3 is 0 Å². The van der Waals surface area contributed by atoms with E-state index in [-0.39, 0.29) is 11.6 Å². The van der Waals surface area contributed by atoms with Crippen LogP contribution in [0, 0.1) is 10.1 Å². The summed E-state index contributed by atoms with van der Waals surface area (Å²) in [6, 6.07) is 19.5. The first-order valence-electron chi connectivity index (χ1n) is 10.3. The molecule has 0 aromatic heterocycles. The van der Waals surface area contributed by atoms with Crippen LogP contribution in [0.1, 0.15) is 16.7 Å². The standard InChI is InChI=1S/C26H22N2O5/c1-32-24-15-12-19(16-25(24)33-2)17-27-23-9-4-3-7-21(23)22(26(27)29)8-5-6-18-10-13-20(14-11-18)28(30)31/h3-16H,17H2,1-2H3/b6-5+,22-8+. The number of ether oxygens (including phenoxy) is 2. The zero-order valence-corrected chi connectivity index (χ0v) is 18.2. The lowest BCUT2D eigenvalue weighted by Gasteiger charge is -2.18. The van der Waals surface area contributed by atoms with Crippen molar-refractivity contribution in [3.05, 3.63) is 106 Å². The number of hydrogen-bond acceptors (Lipinski definition) is 5. The Kier molecular flexibility index (Phi) is 6.22. The summed E-state index contributed by atoms with van der Waals surface area (Å²) in [6.07, 6.45) is 5.37. The van der Waals surface area contributed by atoms with Crippen LogP contribution in [0.4, 0.5) is 11.4 Å². The van der Waals surface area contributed by atoms with Crippen LogP contribution in [0.5, 0.6) is 11.5 Å². The molecule has 1 aliphatic rings. The Hall–Kier alpha value is -4.39. The lowest BCUT2D eigenvalue weighted by molar-refractivity contribution is -0.384. The average Bonchev–Trinajstić information content (AvgIpc) is 3.10. The Labute approximate surface area is 191 Å². The van der Waals surface area contributed by atoms with Crippen molar-refractivity contribution >= 4 is 28.9 Å². The van der Waals surface area contributed by atoms with Gasteiger partial charge in [0, 0.05) is 23.3 Å². The number of para-hydroxylation sites is 1. The molecule has 1 amide bonds. The van der Waals surface area contributed by atoms with Crippen molar-refractivity contribution in [2.75, 3.05) is 19.1 Å². The summed E-state index contributed by atoms with van der Waals surface area (Å²) < 4.78 is 10.7. The molecule has 166 valence electrons. The molecule has 1 heterocycles. The van der Waals surface area contributed by atoms with Crippen LogP contribution >= 0.6 is 0 Å². The second-order valence-corrected chi connectivity index (χ2v) is 7.39. The molecule has 7 nitrogen and oxygen atoms in total. The first-order chi connectivity index (χ1) is 16.0. The summed E-state index contributed by atoms with van der Waals surface area (Å²) in [5, 5.41) is 10.8. The Morgan fingerprint density at radius 3 is 2.39 bits per heavy atom. The highest BCUT2D eigenvalue weighted by Gasteiger charge is 2.31. The zero-order chi connectivity index (χ0) is 23.4. The molecule has 33 heavy (non-hydrogen) atoms. The number of carbonyl (C=O) groups is 1. The van der Waals surface area contributed by atoms with Crippen LogP contribution in [0.25, 0.3) is 11.6 Å². The first-order valence-corrected chi connectivity index (χ1v) is 10.3. The molecule has 3 aromatic carbocycles. The van der Waals surface area contributed by atoms with Crippen LogP contribution in [-0.4, -0.2) is 25.1 Å². The summed E-state index contributed by atoms with van der Waals surface area (Å²) in [4.78, 5) is 25.4. The number of amides is 1. The molecule has 0 saturated heterocycles. The van der Waals surface area contributed by atoms with E-state index in [0.29, 0.717) is 23.6 Å². The molecule has 3 aromatic rings. The van der Waals surface area contributed by atoms with Gasteiger partial charge in [0.25, 0.3) is 11.6 Å². The van der Waals surface area contributed by atoms with Gasteiger partial charge in [-0.15, -0.1) is 0 Å². The van der Waals surface area contributed by atoms with Crippen molar-refractivity contribution in [1.82, 2.24) is 0 Å². The minimum atomic E-state index is -0.434. The molecule has 0 atom stereocenters. The van der Waals surface area contributed by atoms with Gasteiger partial charge < -0.3 is 14.4 Å². The Bertz CT molecular complexity index is 1260. The molecule has 0 radical (unpaired) electrons. The van der Waals surface area contributed by atoms with Crippen LogP contribution < -0.4 is 14.4 Å². The number of allylic oxidation sites excluding steroid dienone is 2. The largest absolute Gasteiger partial charge is 0.493 e. The van der Waals surface area contributed by atoms with Crippen molar-refractivity contribution in [2.24, 2.45) is 0 Å². The highest BCUT2D eigenvalue weighted by atomic mass is 16.6. The van der Waals surface area contributed by atoms with Gasteiger partial charge in [-0.2, -0.15) is 0 Å². The SMILES string of the molecule is COc1ccc(CN2C(=O)/C(=C/C=C/c3ccc([N+](=O)[O-])cc3)c3ccccc32)cc1OC. The van der Waals surface area contributed by atoms with Crippen molar-refractivity contribution in [2.45, 2.75) is 6.54 Å². The minimum Gasteiger partial charge on any atom is -0.493 e. The van der Waals surface area contributed by atoms with E-state index in [9.17, 15) is 14.9 Å². The van der Waals surface area contributed by atoms with Gasteiger partial charge in [0.1, 0.15) is 0 Å². The third-order valence-electron chi connectivity index (χ3n) is 5.40. The number of anilines is 1. The third-order valence-corrected chi connectivity index (χ3v) is 5.40. The molecule has 0 saturated carbocycles.